The van der Waals surface area contributed by atoms with E-state index in [9.17, 15) is 9.90 Å². The number of hydrogen-bond donors (Lipinski definition) is 2. The average molecular weight is 328 g/mol. The van der Waals surface area contributed by atoms with Gasteiger partial charge in [0, 0.05) is 30.1 Å². The van der Waals surface area contributed by atoms with Gasteiger partial charge in [-0.15, -0.1) is 0 Å². The van der Waals surface area contributed by atoms with Gasteiger partial charge >= 0.3 is 0 Å². The standard InChI is InChI=1S/C19H24N2O3/c1-3-9-19(2,23)14-21-18(22)16-7-4-8-17(11-16)24-13-15-6-5-10-20-12-15/h4-8,10-12,23H,3,9,13-14H2,1-2H3,(H,21,22)/t19-/m1/s1. The number of carbonyl (C=O) groups excluding carboxylic acids is 1. The monoisotopic (exact) mass is 328 g/mol. The molecule has 0 aliphatic heterocycles. The highest BCUT2D eigenvalue weighted by Gasteiger charge is 2.20. The van der Waals surface area contributed by atoms with Gasteiger partial charge in [0.2, 0.25) is 0 Å². The van der Waals surface area contributed by atoms with Gasteiger partial charge in [-0.2, -0.15) is 0 Å². The molecule has 0 fully saturated rings. The normalized spacial score (nSPS) is 13.1. The summed E-state index contributed by atoms with van der Waals surface area (Å²) in [4.78, 5) is 16.3. The first kappa shape index (κ1) is 17.9. The Morgan fingerprint density at radius 2 is 2.17 bits per heavy atom. The Morgan fingerprint density at radius 1 is 1.33 bits per heavy atom. The van der Waals surface area contributed by atoms with Gasteiger partial charge in [-0.1, -0.05) is 25.5 Å². The van der Waals surface area contributed by atoms with Crippen LogP contribution in [0.5, 0.6) is 5.75 Å². The Hall–Kier alpha value is -2.40. The van der Waals surface area contributed by atoms with Gasteiger partial charge in [0.1, 0.15) is 12.4 Å². The highest BCUT2D eigenvalue weighted by Crippen LogP contribution is 2.16. The smallest absolute Gasteiger partial charge is 0.251 e. The summed E-state index contributed by atoms with van der Waals surface area (Å²) in [6.07, 6.45) is 4.95. The summed E-state index contributed by atoms with van der Waals surface area (Å²) in [6, 6.07) is 10.8. The molecule has 128 valence electrons. The second-order valence-electron chi connectivity index (χ2n) is 6.11. The molecule has 0 aliphatic rings. The Labute approximate surface area is 142 Å². The molecule has 5 nitrogen and oxygen atoms in total. The third-order valence-corrected chi connectivity index (χ3v) is 3.64. The van der Waals surface area contributed by atoms with E-state index in [2.05, 4.69) is 10.3 Å². The van der Waals surface area contributed by atoms with Crippen LogP contribution in [0.25, 0.3) is 0 Å². The lowest BCUT2D eigenvalue weighted by molar-refractivity contribution is 0.0469. The molecule has 0 bridgehead atoms. The molecule has 1 atom stereocenters. The molecule has 5 heteroatoms. The van der Waals surface area contributed by atoms with Crippen LogP contribution in [-0.4, -0.2) is 28.1 Å². The van der Waals surface area contributed by atoms with Crippen LogP contribution < -0.4 is 10.1 Å². The van der Waals surface area contributed by atoms with Crippen LogP contribution in [0, 0.1) is 0 Å². The molecule has 2 aromatic rings. The van der Waals surface area contributed by atoms with Crippen molar-refractivity contribution in [3.05, 3.63) is 59.9 Å². The van der Waals surface area contributed by atoms with Crippen molar-refractivity contribution >= 4 is 5.91 Å². The molecule has 0 saturated carbocycles. The van der Waals surface area contributed by atoms with E-state index in [1.807, 2.05) is 19.1 Å². The van der Waals surface area contributed by atoms with Crippen LogP contribution in [0.4, 0.5) is 0 Å². The number of nitrogens with one attached hydrogen (secondary N) is 1. The van der Waals surface area contributed by atoms with Crippen molar-refractivity contribution in [3.63, 3.8) is 0 Å². The maximum absolute atomic E-state index is 12.2. The number of aliphatic hydroxyl groups is 1. The predicted molar refractivity (Wildman–Crippen MR) is 92.9 cm³/mol. The molecule has 1 amide bonds. The SMILES string of the molecule is CCC[C@@](C)(O)CNC(=O)c1cccc(OCc2cccnc2)c1. The lowest BCUT2D eigenvalue weighted by Gasteiger charge is -2.22. The van der Waals surface area contributed by atoms with E-state index in [4.69, 9.17) is 4.74 Å². The Morgan fingerprint density at radius 3 is 2.88 bits per heavy atom. The van der Waals surface area contributed by atoms with Crippen LogP contribution in [-0.2, 0) is 6.61 Å². The minimum atomic E-state index is -0.890. The van der Waals surface area contributed by atoms with Crippen molar-refractivity contribution in [2.75, 3.05) is 6.54 Å². The predicted octanol–water partition coefficient (Wildman–Crippen LogP) is 2.94. The number of carbonyl (C=O) groups is 1. The number of nitrogens with zero attached hydrogens (tertiary/aromatic N) is 1. The third kappa shape index (κ3) is 5.66. The number of hydrogen-bond acceptors (Lipinski definition) is 4. The molecule has 2 N–H and O–H groups in total. The summed E-state index contributed by atoms with van der Waals surface area (Å²) in [5.74, 6) is 0.394. The minimum absolute atomic E-state index is 0.223. The summed E-state index contributed by atoms with van der Waals surface area (Å²) in [6.45, 7) is 4.34. The molecule has 0 radical (unpaired) electrons. The van der Waals surface area contributed by atoms with Gasteiger partial charge in [-0.25, -0.2) is 0 Å². The van der Waals surface area contributed by atoms with E-state index < -0.39 is 5.60 Å². The molecule has 1 heterocycles. The van der Waals surface area contributed by atoms with E-state index in [-0.39, 0.29) is 12.5 Å². The first-order valence-electron chi connectivity index (χ1n) is 8.12. The van der Waals surface area contributed by atoms with Crippen LogP contribution in [0.15, 0.2) is 48.8 Å². The molecule has 0 spiro atoms. The van der Waals surface area contributed by atoms with Crippen molar-refractivity contribution in [2.45, 2.75) is 38.9 Å². The van der Waals surface area contributed by atoms with E-state index in [1.165, 1.54) is 0 Å². The number of amides is 1. The van der Waals surface area contributed by atoms with E-state index >= 15 is 0 Å². The van der Waals surface area contributed by atoms with Crippen molar-refractivity contribution in [1.29, 1.82) is 0 Å². The molecule has 0 aliphatic carbocycles. The van der Waals surface area contributed by atoms with Gasteiger partial charge < -0.3 is 15.2 Å². The van der Waals surface area contributed by atoms with E-state index in [0.717, 1.165) is 12.0 Å². The highest BCUT2D eigenvalue weighted by molar-refractivity contribution is 5.94. The fraction of sp³-hybridized carbons (Fsp3) is 0.368. The number of benzene rings is 1. The van der Waals surface area contributed by atoms with Gasteiger partial charge in [0.15, 0.2) is 0 Å². The molecule has 2 rings (SSSR count). The second kappa shape index (κ2) is 8.45. The van der Waals surface area contributed by atoms with E-state index in [1.54, 1.807) is 43.6 Å². The fourth-order valence-corrected chi connectivity index (χ4v) is 2.38. The zero-order valence-electron chi connectivity index (χ0n) is 14.2. The molecular weight excluding hydrogens is 304 g/mol. The minimum Gasteiger partial charge on any atom is -0.489 e. The van der Waals surface area contributed by atoms with Crippen LogP contribution in [0.3, 0.4) is 0 Å². The van der Waals surface area contributed by atoms with Crippen LogP contribution in [0.1, 0.15) is 42.6 Å². The molecule has 0 saturated heterocycles. The quantitative estimate of drug-likeness (QED) is 0.781. The van der Waals surface area contributed by atoms with E-state index in [0.29, 0.717) is 24.3 Å². The Balaban J connectivity index is 1.93. The lowest BCUT2D eigenvalue weighted by Crippen LogP contribution is -2.40. The molecule has 1 aromatic heterocycles. The summed E-state index contributed by atoms with van der Waals surface area (Å²) in [5.41, 5.74) is 0.577. The number of pyridine rings is 1. The first-order valence-corrected chi connectivity index (χ1v) is 8.12. The maximum atomic E-state index is 12.2. The van der Waals surface area contributed by atoms with Crippen LogP contribution in [0.2, 0.25) is 0 Å². The summed E-state index contributed by atoms with van der Waals surface area (Å²) in [7, 11) is 0. The first-order chi connectivity index (χ1) is 11.5. The Kier molecular flexibility index (Phi) is 6.32. The zero-order chi connectivity index (χ0) is 17.4. The Bertz CT molecular complexity index is 657. The van der Waals surface area contributed by atoms with Gasteiger partial charge in [0.05, 0.1) is 5.60 Å². The van der Waals surface area contributed by atoms with Gasteiger partial charge in [0.25, 0.3) is 5.91 Å². The third-order valence-electron chi connectivity index (χ3n) is 3.64. The van der Waals surface area contributed by atoms with Crippen molar-refractivity contribution < 1.29 is 14.6 Å². The molecule has 1 aromatic carbocycles. The van der Waals surface area contributed by atoms with Crippen LogP contribution >= 0.6 is 0 Å². The van der Waals surface area contributed by atoms with Gasteiger partial charge in [-0.3, -0.25) is 9.78 Å². The summed E-state index contributed by atoms with van der Waals surface area (Å²) < 4.78 is 5.70. The van der Waals surface area contributed by atoms with Crippen molar-refractivity contribution in [1.82, 2.24) is 10.3 Å². The number of ether oxygens (including phenoxy) is 1. The van der Waals surface area contributed by atoms with Crippen molar-refractivity contribution in [3.8, 4) is 5.75 Å². The topological polar surface area (TPSA) is 71.5 Å². The van der Waals surface area contributed by atoms with Gasteiger partial charge in [-0.05, 0) is 37.6 Å². The lowest BCUT2D eigenvalue weighted by atomic mass is 10.0. The number of aromatic nitrogens is 1. The molecule has 0 unspecified atom stereocenters. The zero-order valence-corrected chi connectivity index (χ0v) is 14.2. The largest absolute Gasteiger partial charge is 0.489 e. The second-order valence-corrected chi connectivity index (χ2v) is 6.11. The number of rotatable bonds is 8. The summed E-state index contributed by atoms with van der Waals surface area (Å²) in [5, 5.41) is 12.9. The fourth-order valence-electron chi connectivity index (χ4n) is 2.38. The average Bonchev–Trinajstić information content (AvgIpc) is 2.59. The summed E-state index contributed by atoms with van der Waals surface area (Å²) >= 11 is 0. The maximum Gasteiger partial charge on any atom is 0.251 e. The molecular formula is C19H24N2O3. The molecule has 24 heavy (non-hydrogen) atoms. The van der Waals surface area contributed by atoms with Crippen molar-refractivity contribution in [2.24, 2.45) is 0 Å². The highest BCUT2D eigenvalue weighted by atomic mass is 16.5.